The summed E-state index contributed by atoms with van der Waals surface area (Å²) in [6, 6.07) is 5.96. The number of hydrogen-bond acceptors (Lipinski definition) is 2. The molecule has 1 saturated heterocycles. The fourth-order valence-electron chi connectivity index (χ4n) is 2.11. The molecular weight excluding hydrogens is 219 g/mol. The molecule has 2 rings (SSSR count). The minimum atomic E-state index is -0.379. The molecule has 3 nitrogen and oxygen atoms in total. The van der Waals surface area contributed by atoms with E-state index in [1.54, 1.807) is 12.1 Å². The number of rotatable bonds is 2. The van der Waals surface area contributed by atoms with Crippen LogP contribution in [0.25, 0.3) is 0 Å². The fraction of sp³-hybridized carbons (Fsp3) is 0.462. The second-order valence-electron chi connectivity index (χ2n) is 4.56. The number of carbonyl (C=O) groups excluding carboxylic acids is 1. The third-order valence-electron chi connectivity index (χ3n) is 3.19. The van der Waals surface area contributed by atoms with Crippen LogP contribution in [0.3, 0.4) is 0 Å². The molecule has 2 N–H and O–H groups in total. The molecule has 2 atom stereocenters. The summed E-state index contributed by atoms with van der Waals surface area (Å²) >= 11 is 0. The zero-order valence-electron chi connectivity index (χ0n) is 9.87. The minimum absolute atomic E-state index is 0.173. The number of piperidine rings is 1. The third-order valence-corrected chi connectivity index (χ3v) is 3.19. The Balaban J connectivity index is 2.01. The van der Waals surface area contributed by atoms with Gasteiger partial charge in [0.15, 0.2) is 0 Å². The normalized spacial score (nSPS) is 24.4. The summed E-state index contributed by atoms with van der Waals surface area (Å²) in [5.74, 6) is -0.166. The standard InChI is InChI=1S/C13H17FN2O/c1-9-8-15-6-5-12(9)16-13(17)10-3-2-4-11(14)7-10/h2-4,7,9,12,15H,5-6,8H2,1H3,(H,16,17). The first kappa shape index (κ1) is 12.0. The lowest BCUT2D eigenvalue weighted by Crippen LogP contribution is -2.48. The van der Waals surface area contributed by atoms with Gasteiger partial charge in [-0.15, -0.1) is 0 Å². The Morgan fingerprint density at radius 1 is 1.53 bits per heavy atom. The lowest BCUT2D eigenvalue weighted by atomic mass is 9.95. The summed E-state index contributed by atoms with van der Waals surface area (Å²) in [6.07, 6.45) is 0.919. The number of carbonyl (C=O) groups is 1. The lowest BCUT2D eigenvalue weighted by Gasteiger charge is -2.30. The number of halogens is 1. The maximum absolute atomic E-state index is 13.0. The first-order valence-corrected chi connectivity index (χ1v) is 5.94. The minimum Gasteiger partial charge on any atom is -0.349 e. The quantitative estimate of drug-likeness (QED) is 0.818. The van der Waals surface area contributed by atoms with E-state index in [0.29, 0.717) is 11.5 Å². The summed E-state index contributed by atoms with van der Waals surface area (Å²) in [5.41, 5.74) is 0.385. The van der Waals surface area contributed by atoms with Crippen LogP contribution in [0.5, 0.6) is 0 Å². The highest BCUT2D eigenvalue weighted by atomic mass is 19.1. The molecule has 0 saturated carbocycles. The highest BCUT2D eigenvalue weighted by molar-refractivity contribution is 5.94. The Labute approximate surface area is 100 Å². The summed E-state index contributed by atoms with van der Waals surface area (Å²) < 4.78 is 13.0. The van der Waals surface area contributed by atoms with Crippen LogP contribution in [0.4, 0.5) is 4.39 Å². The molecule has 1 heterocycles. The number of hydrogen-bond donors (Lipinski definition) is 2. The molecule has 0 radical (unpaired) electrons. The smallest absolute Gasteiger partial charge is 0.251 e. The maximum Gasteiger partial charge on any atom is 0.251 e. The first-order valence-electron chi connectivity index (χ1n) is 5.94. The van der Waals surface area contributed by atoms with E-state index in [4.69, 9.17) is 0 Å². The SMILES string of the molecule is CC1CNCCC1NC(=O)c1cccc(F)c1. The van der Waals surface area contributed by atoms with Crippen molar-refractivity contribution in [1.29, 1.82) is 0 Å². The van der Waals surface area contributed by atoms with Gasteiger partial charge >= 0.3 is 0 Å². The van der Waals surface area contributed by atoms with Crippen molar-refractivity contribution in [1.82, 2.24) is 10.6 Å². The van der Waals surface area contributed by atoms with Crippen molar-refractivity contribution in [3.63, 3.8) is 0 Å². The van der Waals surface area contributed by atoms with E-state index < -0.39 is 0 Å². The molecule has 1 aromatic rings. The van der Waals surface area contributed by atoms with E-state index in [2.05, 4.69) is 17.6 Å². The van der Waals surface area contributed by atoms with Gasteiger partial charge in [0.1, 0.15) is 5.82 Å². The highest BCUT2D eigenvalue weighted by Gasteiger charge is 2.22. The van der Waals surface area contributed by atoms with Crippen molar-refractivity contribution in [2.75, 3.05) is 13.1 Å². The molecule has 0 aromatic heterocycles. The molecule has 1 aliphatic heterocycles. The van der Waals surface area contributed by atoms with Gasteiger partial charge in [-0.25, -0.2) is 4.39 Å². The topological polar surface area (TPSA) is 41.1 Å². The molecule has 0 bridgehead atoms. The molecule has 0 spiro atoms. The summed E-state index contributed by atoms with van der Waals surface area (Å²) in [6.45, 7) is 3.93. The van der Waals surface area contributed by atoms with Crippen molar-refractivity contribution < 1.29 is 9.18 Å². The Kier molecular flexibility index (Phi) is 3.74. The van der Waals surface area contributed by atoms with Crippen LogP contribution in [0.2, 0.25) is 0 Å². The largest absolute Gasteiger partial charge is 0.349 e. The van der Waals surface area contributed by atoms with Crippen LogP contribution >= 0.6 is 0 Å². The fourth-order valence-corrected chi connectivity index (χ4v) is 2.11. The number of amides is 1. The molecule has 0 aliphatic carbocycles. The van der Waals surface area contributed by atoms with Gasteiger partial charge in [-0.05, 0) is 43.6 Å². The molecule has 1 aromatic carbocycles. The highest BCUT2D eigenvalue weighted by Crippen LogP contribution is 2.12. The van der Waals surface area contributed by atoms with E-state index in [0.717, 1.165) is 19.5 Å². The number of benzene rings is 1. The van der Waals surface area contributed by atoms with Gasteiger partial charge in [-0.2, -0.15) is 0 Å². The predicted molar refractivity (Wildman–Crippen MR) is 64.3 cm³/mol. The summed E-state index contributed by atoms with van der Waals surface area (Å²) in [4.78, 5) is 11.9. The van der Waals surface area contributed by atoms with Crippen molar-refractivity contribution in [3.05, 3.63) is 35.6 Å². The Morgan fingerprint density at radius 2 is 2.35 bits per heavy atom. The molecule has 1 aliphatic rings. The molecule has 1 fully saturated rings. The van der Waals surface area contributed by atoms with Gasteiger partial charge in [0, 0.05) is 11.6 Å². The molecule has 17 heavy (non-hydrogen) atoms. The van der Waals surface area contributed by atoms with Crippen LogP contribution in [0, 0.1) is 11.7 Å². The number of nitrogens with one attached hydrogen (secondary N) is 2. The third kappa shape index (κ3) is 3.03. The van der Waals surface area contributed by atoms with Gasteiger partial charge in [0.05, 0.1) is 0 Å². The summed E-state index contributed by atoms with van der Waals surface area (Å²) in [5, 5.41) is 6.24. The average Bonchev–Trinajstić information content (AvgIpc) is 2.32. The van der Waals surface area contributed by atoms with Gasteiger partial charge in [0.2, 0.25) is 0 Å². The molecular formula is C13H17FN2O. The van der Waals surface area contributed by atoms with Gasteiger partial charge in [0.25, 0.3) is 5.91 Å². The van der Waals surface area contributed by atoms with E-state index in [9.17, 15) is 9.18 Å². The Bertz CT molecular complexity index is 408. The van der Waals surface area contributed by atoms with Crippen molar-refractivity contribution in [3.8, 4) is 0 Å². The molecule has 2 unspecified atom stereocenters. The van der Waals surface area contributed by atoms with Gasteiger partial charge < -0.3 is 10.6 Å². The second-order valence-corrected chi connectivity index (χ2v) is 4.56. The lowest BCUT2D eigenvalue weighted by molar-refractivity contribution is 0.0914. The van der Waals surface area contributed by atoms with Crippen LogP contribution in [-0.4, -0.2) is 25.0 Å². The van der Waals surface area contributed by atoms with Gasteiger partial charge in [-0.3, -0.25) is 4.79 Å². The van der Waals surface area contributed by atoms with Gasteiger partial charge in [-0.1, -0.05) is 13.0 Å². The summed E-state index contributed by atoms with van der Waals surface area (Å²) in [7, 11) is 0. The van der Waals surface area contributed by atoms with Crippen molar-refractivity contribution in [2.45, 2.75) is 19.4 Å². The monoisotopic (exact) mass is 236 g/mol. The van der Waals surface area contributed by atoms with Crippen LogP contribution in [0.15, 0.2) is 24.3 Å². The van der Waals surface area contributed by atoms with E-state index in [1.807, 2.05) is 0 Å². The molecule has 92 valence electrons. The Morgan fingerprint density at radius 3 is 3.06 bits per heavy atom. The average molecular weight is 236 g/mol. The Hall–Kier alpha value is -1.42. The second kappa shape index (κ2) is 5.27. The van der Waals surface area contributed by atoms with Crippen molar-refractivity contribution >= 4 is 5.91 Å². The van der Waals surface area contributed by atoms with Crippen LogP contribution in [0.1, 0.15) is 23.7 Å². The molecule has 4 heteroatoms. The van der Waals surface area contributed by atoms with Crippen LogP contribution < -0.4 is 10.6 Å². The van der Waals surface area contributed by atoms with Crippen molar-refractivity contribution in [2.24, 2.45) is 5.92 Å². The zero-order chi connectivity index (χ0) is 12.3. The maximum atomic E-state index is 13.0. The van der Waals surface area contributed by atoms with E-state index in [-0.39, 0.29) is 17.8 Å². The van der Waals surface area contributed by atoms with E-state index in [1.165, 1.54) is 12.1 Å². The van der Waals surface area contributed by atoms with Crippen LogP contribution in [-0.2, 0) is 0 Å². The zero-order valence-corrected chi connectivity index (χ0v) is 9.87. The predicted octanol–water partition coefficient (Wildman–Crippen LogP) is 1.55. The first-order chi connectivity index (χ1) is 8.16. The molecule has 1 amide bonds. The van der Waals surface area contributed by atoms with E-state index >= 15 is 0 Å².